The molecular formula is C14H16ClF3S. The summed E-state index contributed by atoms with van der Waals surface area (Å²) in [4.78, 5) is 0.535. The first kappa shape index (κ1) is 16.3. The molecule has 1 aromatic heterocycles. The predicted molar refractivity (Wildman–Crippen MR) is 71.1 cm³/mol. The zero-order valence-corrected chi connectivity index (χ0v) is 12.4. The third kappa shape index (κ3) is 3.23. The van der Waals surface area contributed by atoms with Crippen molar-refractivity contribution in [2.45, 2.75) is 38.6 Å². The van der Waals surface area contributed by atoms with Gasteiger partial charge in [0.05, 0.1) is 10.5 Å². The SMILES string of the molecule is CCCc1cc2ccc(CC)cc2[s+]1C(F)(F)F.[Cl-]. The van der Waals surface area contributed by atoms with Gasteiger partial charge in [-0.3, -0.25) is 0 Å². The van der Waals surface area contributed by atoms with Gasteiger partial charge in [0.2, 0.25) is 0 Å². The van der Waals surface area contributed by atoms with Gasteiger partial charge in [0, 0.05) is 23.9 Å². The predicted octanol–water partition coefficient (Wildman–Crippen LogP) is 2.58. The van der Waals surface area contributed by atoms with Crippen molar-refractivity contribution in [3.63, 3.8) is 0 Å². The molecule has 1 atom stereocenters. The number of hydrogen-bond acceptors (Lipinski definition) is 0. The molecule has 0 aliphatic carbocycles. The van der Waals surface area contributed by atoms with E-state index in [9.17, 15) is 13.2 Å². The minimum absolute atomic E-state index is 0. The second-order valence-electron chi connectivity index (χ2n) is 4.34. The smallest absolute Gasteiger partial charge is 0.600 e. The highest BCUT2D eigenvalue weighted by molar-refractivity contribution is 7.38. The quantitative estimate of drug-likeness (QED) is 0.765. The Labute approximate surface area is 120 Å². The van der Waals surface area contributed by atoms with Crippen LogP contribution < -0.4 is 12.4 Å². The lowest BCUT2D eigenvalue weighted by atomic mass is 10.1. The lowest BCUT2D eigenvalue weighted by molar-refractivity contribution is -0.0867. The van der Waals surface area contributed by atoms with Gasteiger partial charge in [-0.05, 0) is 24.5 Å². The van der Waals surface area contributed by atoms with Crippen LogP contribution in [0.4, 0.5) is 13.2 Å². The summed E-state index contributed by atoms with van der Waals surface area (Å²) in [6.45, 7) is 3.88. The first-order valence-electron chi connectivity index (χ1n) is 6.12. The molecule has 2 aromatic rings. The van der Waals surface area contributed by atoms with Crippen molar-refractivity contribution < 1.29 is 25.6 Å². The van der Waals surface area contributed by atoms with E-state index in [1.54, 1.807) is 12.1 Å². The fourth-order valence-electron chi connectivity index (χ4n) is 2.16. The Morgan fingerprint density at radius 3 is 2.32 bits per heavy atom. The Bertz CT molecular complexity index is 558. The van der Waals surface area contributed by atoms with Crippen LogP contribution in [0, 0.1) is 0 Å². The summed E-state index contributed by atoms with van der Waals surface area (Å²) in [5, 5.41) is 0.747. The zero-order chi connectivity index (χ0) is 13.3. The number of aryl methyl sites for hydroxylation is 2. The van der Waals surface area contributed by atoms with Crippen molar-refractivity contribution in [3.8, 4) is 0 Å². The molecule has 0 nitrogen and oxygen atoms in total. The van der Waals surface area contributed by atoms with E-state index in [-0.39, 0.29) is 12.4 Å². The van der Waals surface area contributed by atoms with Gasteiger partial charge in [-0.1, -0.05) is 19.9 Å². The largest absolute Gasteiger partial charge is 1.00 e. The monoisotopic (exact) mass is 308 g/mol. The molecular weight excluding hydrogens is 293 g/mol. The first-order valence-corrected chi connectivity index (χ1v) is 7.34. The molecule has 0 spiro atoms. The van der Waals surface area contributed by atoms with Crippen molar-refractivity contribution in [2.24, 2.45) is 0 Å². The van der Waals surface area contributed by atoms with Crippen molar-refractivity contribution >= 4 is 20.6 Å². The van der Waals surface area contributed by atoms with Gasteiger partial charge >= 0.3 is 5.51 Å². The number of halogens is 4. The van der Waals surface area contributed by atoms with E-state index in [0.29, 0.717) is 16.0 Å². The minimum Gasteiger partial charge on any atom is -1.00 e. The summed E-state index contributed by atoms with van der Waals surface area (Å²) in [6.07, 6.45) is 2.05. The van der Waals surface area contributed by atoms with Gasteiger partial charge in [0.1, 0.15) is 0 Å². The van der Waals surface area contributed by atoms with Crippen LogP contribution in [-0.4, -0.2) is 0 Å². The molecule has 0 aliphatic heterocycles. The molecule has 0 saturated carbocycles. The highest BCUT2D eigenvalue weighted by Gasteiger charge is 2.47. The molecule has 0 saturated heterocycles. The molecule has 1 aromatic carbocycles. The van der Waals surface area contributed by atoms with Gasteiger partial charge in [0.15, 0.2) is 9.58 Å². The van der Waals surface area contributed by atoms with Crippen LogP contribution in [0.5, 0.6) is 0 Å². The molecule has 0 amide bonds. The van der Waals surface area contributed by atoms with Crippen LogP contribution in [-0.2, 0) is 18.3 Å². The molecule has 0 fully saturated rings. The average molecular weight is 309 g/mol. The van der Waals surface area contributed by atoms with E-state index in [4.69, 9.17) is 0 Å². The number of hydrogen-bond donors (Lipinski definition) is 0. The molecule has 0 radical (unpaired) electrons. The van der Waals surface area contributed by atoms with E-state index < -0.39 is 16.0 Å². The molecule has 1 unspecified atom stereocenters. The van der Waals surface area contributed by atoms with E-state index >= 15 is 0 Å². The maximum absolute atomic E-state index is 13.2. The van der Waals surface area contributed by atoms with E-state index in [0.717, 1.165) is 23.8 Å². The van der Waals surface area contributed by atoms with E-state index in [2.05, 4.69) is 0 Å². The molecule has 19 heavy (non-hydrogen) atoms. The first-order chi connectivity index (χ1) is 8.47. The summed E-state index contributed by atoms with van der Waals surface area (Å²) < 4.78 is 40.1. The fraction of sp³-hybridized carbons (Fsp3) is 0.429. The maximum atomic E-state index is 13.2. The second-order valence-corrected chi connectivity index (χ2v) is 6.38. The Hall–Kier alpha value is -0.740. The number of fused-ring (bicyclic) bond motifs is 1. The van der Waals surface area contributed by atoms with Crippen LogP contribution in [0.2, 0.25) is 0 Å². The van der Waals surface area contributed by atoms with Gasteiger partial charge in [-0.25, -0.2) is 0 Å². The topological polar surface area (TPSA) is 0 Å². The standard InChI is InChI=1S/C14H16F3S.ClH/c1-3-5-12-9-11-7-6-10(4-2)8-13(11)18(12)14(15,16)17;/h6-9H,3-5H2,1-2H3;1H/q+1;/p-1. The van der Waals surface area contributed by atoms with Crippen molar-refractivity contribution in [2.75, 3.05) is 0 Å². The second kappa shape index (κ2) is 6.14. The van der Waals surface area contributed by atoms with Crippen molar-refractivity contribution in [1.29, 1.82) is 0 Å². The summed E-state index contributed by atoms with van der Waals surface area (Å²) in [7, 11) is -1.71. The molecule has 5 heteroatoms. The van der Waals surface area contributed by atoms with Crippen LogP contribution in [0.3, 0.4) is 0 Å². The summed E-state index contributed by atoms with van der Waals surface area (Å²) in [5.74, 6) is 0. The zero-order valence-electron chi connectivity index (χ0n) is 10.9. The number of alkyl halides is 3. The van der Waals surface area contributed by atoms with Gasteiger partial charge in [-0.15, -0.1) is 13.2 Å². The van der Waals surface area contributed by atoms with Gasteiger partial charge in [0.25, 0.3) is 0 Å². The van der Waals surface area contributed by atoms with Gasteiger partial charge < -0.3 is 12.4 Å². The normalized spacial score (nSPS) is 12.6. The van der Waals surface area contributed by atoms with Crippen molar-refractivity contribution in [1.82, 2.24) is 0 Å². The maximum Gasteiger partial charge on any atom is 0.600 e. The third-order valence-corrected chi connectivity index (χ3v) is 5.12. The lowest BCUT2D eigenvalue weighted by Gasteiger charge is -2.00. The van der Waals surface area contributed by atoms with Crippen LogP contribution >= 0.6 is 10.5 Å². The Morgan fingerprint density at radius 1 is 1.11 bits per heavy atom. The summed E-state index contributed by atoms with van der Waals surface area (Å²) in [5.41, 5.74) is -3.18. The van der Waals surface area contributed by atoms with Crippen LogP contribution in [0.15, 0.2) is 24.3 Å². The summed E-state index contributed by atoms with van der Waals surface area (Å²) >= 11 is 0. The molecule has 0 N–H and O–H groups in total. The molecule has 0 aliphatic rings. The van der Waals surface area contributed by atoms with Crippen LogP contribution in [0.1, 0.15) is 30.7 Å². The summed E-state index contributed by atoms with van der Waals surface area (Å²) in [6, 6.07) is 7.20. The molecule has 2 rings (SSSR count). The average Bonchev–Trinajstić information content (AvgIpc) is 2.65. The molecule has 1 heterocycles. The third-order valence-electron chi connectivity index (χ3n) is 3.01. The lowest BCUT2D eigenvalue weighted by Crippen LogP contribution is -3.00. The van der Waals surface area contributed by atoms with Crippen LogP contribution in [0.25, 0.3) is 10.1 Å². The fourth-order valence-corrected chi connectivity index (χ4v) is 4.28. The number of rotatable bonds is 3. The highest BCUT2D eigenvalue weighted by atomic mass is 35.5. The Kier molecular flexibility index (Phi) is 5.27. The van der Waals surface area contributed by atoms with Gasteiger partial charge in [-0.2, -0.15) is 0 Å². The molecule has 0 bridgehead atoms. The highest BCUT2D eigenvalue weighted by Crippen LogP contribution is 2.51. The minimum atomic E-state index is -4.15. The number of benzene rings is 1. The van der Waals surface area contributed by atoms with E-state index in [1.165, 1.54) is 0 Å². The van der Waals surface area contributed by atoms with E-state index in [1.807, 2.05) is 26.0 Å². The Morgan fingerprint density at radius 2 is 1.79 bits per heavy atom. The molecule has 106 valence electrons. The Balaban J connectivity index is 0.00000180. The number of thiophene rings is 1. The van der Waals surface area contributed by atoms with Crippen molar-refractivity contribution in [3.05, 3.63) is 34.7 Å².